The zero-order valence-corrected chi connectivity index (χ0v) is 7.79. The molecule has 0 saturated heterocycles. The van der Waals surface area contributed by atoms with E-state index in [2.05, 4.69) is 24.5 Å². The van der Waals surface area contributed by atoms with Gasteiger partial charge in [0.05, 0.1) is 10.8 Å². The first kappa shape index (κ1) is 9.44. The molecular formula is C9H6ClFS. The van der Waals surface area contributed by atoms with Crippen molar-refractivity contribution in [2.45, 2.75) is 0 Å². The highest BCUT2D eigenvalue weighted by Crippen LogP contribution is 2.15. The summed E-state index contributed by atoms with van der Waals surface area (Å²) in [5, 5.41) is 0.337. The maximum Gasteiger partial charge on any atom is 0.124 e. The Hall–Kier alpha value is -0.650. The quantitative estimate of drug-likeness (QED) is 0.483. The highest BCUT2D eigenvalue weighted by molar-refractivity contribution is 7.80. The zero-order valence-electron chi connectivity index (χ0n) is 6.14. The lowest BCUT2D eigenvalue weighted by atomic mass is 10.2. The van der Waals surface area contributed by atoms with Crippen LogP contribution in [0, 0.1) is 17.7 Å². The fourth-order valence-corrected chi connectivity index (χ4v) is 1.02. The molecule has 0 bridgehead atoms. The molecule has 1 aromatic carbocycles. The molecule has 0 N–H and O–H groups in total. The Morgan fingerprint density at radius 2 is 2.25 bits per heavy atom. The predicted octanol–water partition coefficient (Wildman–Crippen LogP) is 2.76. The molecule has 0 fully saturated rings. The highest BCUT2D eigenvalue weighted by Gasteiger charge is 1.97. The lowest BCUT2D eigenvalue weighted by molar-refractivity contribution is 0.628. The summed E-state index contributed by atoms with van der Waals surface area (Å²) >= 11 is 9.61. The molecule has 3 heteroatoms. The van der Waals surface area contributed by atoms with E-state index in [1.807, 2.05) is 0 Å². The fourth-order valence-electron chi connectivity index (χ4n) is 0.726. The minimum Gasteiger partial charge on any atom is -0.207 e. The number of rotatable bonds is 0. The van der Waals surface area contributed by atoms with Crippen molar-refractivity contribution < 1.29 is 4.39 Å². The molecule has 0 aromatic heterocycles. The Morgan fingerprint density at radius 3 is 2.83 bits per heavy atom. The number of halogens is 2. The molecule has 0 radical (unpaired) electrons. The van der Waals surface area contributed by atoms with Crippen molar-refractivity contribution in [2.75, 3.05) is 5.75 Å². The van der Waals surface area contributed by atoms with E-state index in [9.17, 15) is 4.39 Å². The number of hydrogen-bond acceptors (Lipinski definition) is 1. The smallest absolute Gasteiger partial charge is 0.124 e. The second-order valence-corrected chi connectivity index (χ2v) is 2.81. The van der Waals surface area contributed by atoms with Gasteiger partial charge in [0.2, 0.25) is 0 Å². The Balaban J connectivity index is 3.01. The van der Waals surface area contributed by atoms with E-state index in [-0.39, 0.29) is 5.82 Å². The molecule has 62 valence electrons. The van der Waals surface area contributed by atoms with Gasteiger partial charge in [-0.1, -0.05) is 23.4 Å². The van der Waals surface area contributed by atoms with Crippen LogP contribution in [0.4, 0.5) is 4.39 Å². The van der Waals surface area contributed by atoms with Crippen molar-refractivity contribution in [3.05, 3.63) is 34.6 Å². The van der Waals surface area contributed by atoms with Gasteiger partial charge >= 0.3 is 0 Å². The van der Waals surface area contributed by atoms with Gasteiger partial charge in [-0.25, -0.2) is 4.39 Å². The van der Waals surface area contributed by atoms with E-state index in [4.69, 9.17) is 11.6 Å². The van der Waals surface area contributed by atoms with E-state index < -0.39 is 0 Å². The van der Waals surface area contributed by atoms with Gasteiger partial charge in [0.15, 0.2) is 0 Å². The van der Waals surface area contributed by atoms with Crippen LogP contribution in [0.15, 0.2) is 18.2 Å². The number of thiol groups is 1. The van der Waals surface area contributed by atoms with Crippen LogP contribution in [0.3, 0.4) is 0 Å². The Labute approximate surface area is 81.1 Å². The molecule has 0 amide bonds. The van der Waals surface area contributed by atoms with Crippen molar-refractivity contribution in [3.8, 4) is 11.8 Å². The molecule has 0 aliphatic heterocycles. The second-order valence-electron chi connectivity index (χ2n) is 2.08. The minimum atomic E-state index is -0.351. The van der Waals surface area contributed by atoms with Gasteiger partial charge in [0, 0.05) is 5.56 Å². The monoisotopic (exact) mass is 200 g/mol. The van der Waals surface area contributed by atoms with E-state index in [0.29, 0.717) is 16.3 Å². The van der Waals surface area contributed by atoms with Crippen LogP contribution in [0.1, 0.15) is 5.56 Å². The van der Waals surface area contributed by atoms with Crippen LogP contribution in [-0.2, 0) is 0 Å². The van der Waals surface area contributed by atoms with Gasteiger partial charge in [-0.3, -0.25) is 0 Å². The van der Waals surface area contributed by atoms with Gasteiger partial charge in [-0.05, 0) is 18.2 Å². The molecule has 0 unspecified atom stereocenters. The molecular weight excluding hydrogens is 195 g/mol. The van der Waals surface area contributed by atoms with Gasteiger partial charge in [-0.2, -0.15) is 12.6 Å². The summed E-state index contributed by atoms with van der Waals surface area (Å²) in [6.45, 7) is 0. The summed E-state index contributed by atoms with van der Waals surface area (Å²) in [6.07, 6.45) is 0. The van der Waals surface area contributed by atoms with E-state index in [1.54, 1.807) is 6.07 Å². The number of benzene rings is 1. The van der Waals surface area contributed by atoms with Crippen molar-refractivity contribution in [1.82, 2.24) is 0 Å². The molecule has 0 nitrogen and oxygen atoms in total. The molecule has 0 saturated carbocycles. The van der Waals surface area contributed by atoms with E-state index in [0.717, 1.165) is 0 Å². The third-order valence-corrected chi connectivity index (χ3v) is 1.70. The molecule has 1 aromatic rings. The van der Waals surface area contributed by atoms with Crippen LogP contribution >= 0.6 is 24.2 Å². The van der Waals surface area contributed by atoms with Crippen LogP contribution in [0.5, 0.6) is 0 Å². The maximum atomic E-state index is 12.5. The molecule has 0 aliphatic carbocycles. The first-order valence-electron chi connectivity index (χ1n) is 3.29. The normalized spacial score (nSPS) is 8.92. The largest absolute Gasteiger partial charge is 0.207 e. The Morgan fingerprint density at radius 1 is 1.50 bits per heavy atom. The minimum absolute atomic E-state index is 0.337. The fraction of sp³-hybridized carbons (Fsp3) is 0.111. The SMILES string of the molecule is Fc1ccc(C#CCS)c(Cl)c1. The standard InChI is InChI=1S/C9H6ClFS/c10-9-6-8(11)4-3-7(9)2-1-5-12/h3-4,6,12H,5H2. The summed E-state index contributed by atoms with van der Waals surface area (Å²) in [6, 6.07) is 4.12. The topological polar surface area (TPSA) is 0 Å². The highest BCUT2D eigenvalue weighted by atomic mass is 35.5. The third-order valence-electron chi connectivity index (χ3n) is 1.23. The number of hydrogen-bond donors (Lipinski definition) is 1. The van der Waals surface area contributed by atoms with Crippen LogP contribution in [0.25, 0.3) is 0 Å². The molecule has 12 heavy (non-hydrogen) atoms. The van der Waals surface area contributed by atoms with Crippen molar-refractivity contribution in [1.29, 1.82) is 0 Å². The predicted molar refractivity (Wildman–Crippen MR) is 52.1 cm³/mol. The van der Waals surface area contributed by atoms with Crippen molar-refractivity contribution >= 4 is 24.2 Å². The molecule has 1 rings (SSSR count). The molecule has 0 atom stereocenters. The lowest BCUT2D eigenvalue weighted by Crippen LogP contribution is -1.79. The maximum absolute atomic E-state index is 12.5. The summed E-state index contributed by atoms with van der Waals surface area (Å²) < 4.78 is 12.5. The van der Waals surface area contributed by atoms with Gasteiger partial charge in [0.25, 0.3) is 0 Å². The Kier molecular flexibility index (Phi) is 3.46. The summed E-state index contributed by atoms with van der Waals surface area (Å²) in [7, 11) is 0. The van der Waals surface area contributed by atoms with Crippen LogP contribution < -0.4 is 0 Å². The average molecular weight is 201 g/mol. The van der Waals surface area contributed by atoms with Crippen molar-refractivity contribution in [3.63, 3.8) is 0 Å². The van der Waals surface area contributed by atoms with Gasteiger partial charge < -0.3 is 0 Å². The molecule has 0 aliphatic rings. The van der Waals surface area contributed by atoms with Crippen LogP contribution in [-0.4, -0.2) is 5.75 Å². The van der Waals surface area contributed by atoms with Gasteiger partial charge in [-0.15, -0.1) is 0 Å². The molecule has 0 spiro atoms. The first-order valence-corrected chi connectivity index (χ1v) is 4.30. The molecule has 0 heterocycles. The second kappa shape index (κ2) is 4.39. The van der Waals surface area contributed by atoms with E-state index >= 15 is 0 Å². The van der Waals surface area contributed by atoms with Gasteiger partial charge in [0.1, 0.15) is 5.82 Å². The third kappa shape index (κ3) is 2.44. The van der Waals surface area contributed by atoms with Crippen LogP contribution in [0.2, 0.25) is 5.02 Å². The lowest BCUT2D eigenvalue weighted by Gasteiger charge is -1.94. The average Bonchev–Trinajstić information content (AvgIpc) is 2.03. The zero-order chi connectivity index (χ0) is 8.97. The Bertz CT molecular complexity index is 338. The van der Waals surface area contributed by atoms with Crippen molar-refractivity contribution in [2.24, 2.45) is 0 Å². The first-order chi connectivity index (χ1) is 5.74. The van der Waals surface area contributed by atoms with E-state index in [1.165, 1.54) is 12.1 Å². The summed E-state index contributed by atoms with van der Waals surface area (Å²) in [5.41, 5.74) is 0.632. The summed E-state index contributed by atoms with van der Waals surface area (Å²) in [4.78, 5) is 0. The summed E-state index contributed by atoms with van der Waals surface area (Å²) in [5.74, 6) is 5.61.